The molecule has 0 aromatic heterocycles. The molecule has 1 aliphatic rings. The van der Waals surface area contributed by atoms with Crippen LogP contribution in [0.2, 0.25) is 0 Å². The Balaban J connectivity index is 1.48. The molecular formula is C25H35NO3. The van der Waals surface area contributed by atoms with Gasteiger partial charge in [0, 0.05) is 12.1 Å². The van der Waals surface area contributed by atoms with Crippen LogP contribution in [-0.2, 0) is 11.2 Å². The van der Waals surface area contributed by atoms with Gasteiger partial charge in [-0.15, -0.1) is 0 Å². The normalized spacial score (nSPS) is 16.4. The molecule has 1 aliphatic carbocycles. The van der Waals surface area contributed by atoms with Crippen LogP contribution in [0, 0.1) is 12.8 Å². The number of β-amino-alcohol motifs (C(OH)–C–C–N with tert-alkyl or cyclic N) is 1. The maximum atomic E-state index is 10.5. The van der Waals surface area contributed by atoms with Gasteiger partial charge >= 0.3 is 0 Å². The smallest absolute Gasteiger partial charge is 0.118 e. The molecule has 0 saturated heterocycles. The number of rotatable bonds is 11. The third-order valence-electron chi connectivity index (χ3n) is 5.63. The number of methoxy groups -OCH3 is 1. The molecule has 3 rings (SSSR count). The number of hydrogen-bond acceptors (Lipinski definition) is 4. The summed E-state index contributed by atoms with van der Waals surface area (Å²) in [6.07, 6.45) is 2.86. The molecule has 158 valence electrons. The molecule has 29 heavy (non-hydrogen) atoms. The minimum Gasteiger partial charge on any atom is -0.497 e. The number of aliphatic hydroxyl groups excluding tert-OH is 1. The SMILES string of the molecule is COc1ccc(CC(C)(C)NC[C@@H](O)CO[C@@H](c2ccccc2C)C2CC2)cc1. The third-order valence-corrected chi connectivity index (χ3v) is 5.63. The predicted molar refractivity (Wildman–Crippen MR) is 117 cm³/mol. The van der Waals surface area contributed by atoms with Crippen molar-refractivity contribution in [2.45, 2.75) is 57.8 Å². The predicted octanol–water partition coefficient (Wildman–Crippen LogP) is 4.44. The van der Waals surface area contributed by atoms with Crippen molar-refractivity contribution in [3.8, 4) is 5.75 Å². The number of hydrogen-bond donors (Lipinski definition) is 2. The molecule has 2 aromatic carbocycles. The van der Waals surface area contributed by atoms with Crippen molar-refractivity contribution in [1.29, 1.82) is 0 Å². The van der Waals surface area contributed by atoms with Gasteiger partial charge in [0.05, 0.1) is 25.9 Å². The highest BCUT2D eigenvalue weighted by Crippen LogP contribution is 2.44. The van der Waals surface area contributed by atoms with E-state index in [9.17, 15) is 5.11 Å². The second-order valence-electron chi connectivity index (χ2n) is 8.89. The summed E-state index contributed by atoms with van der Waals surface area (Å²) in [6.45, 7) is 7.31. The van der Waals surface area contributed by atoms with E-state index in [1.54, 1.807) is 7.11 Å². The highest BCUT2D eigenvalue weighted by atomic mass is 16.5. The Hall–Kier alpha value is -1.88. The molecule has 1 fully saturated rings. The standard InChI is InChI=1S/C25H35NO3/c1-18-7-5-6-8-23(18)24(20-11-12-20)29-17-21(27)16-26-25(2,3)15-19-9-13-22(28-4)14-10-19/h5-10,13-14,20-21,24,26-27H,11-12,15-17H2,1-4H3/t21-,24-/m1/s1. The molecule has 0 spiro atoms. The van der Waals surface area contributed by atoms with Gasteiger partial charge in [0.2, 0.25) is 0 Å². The van der Waals surface area contributed by atoms with Gasteiger partial charge in [0.15, 0.2) is 0 Å². The van der Waals surface area contributed by atoms with Crippen molar-refractivity contribution >= 4 is 0 Å². The Kier molecular flexibility index (Phi) is 7.33. The Morgan fingerprint density at radius 1 is 1.10 bits per heavy atom. The molecule has 1 saturated carbocycles. The van der Waals surface area contributed by atoms with Crippen molar-refractivity contribution < 1.29 is 14.6 Å². The van der Waals surface area contributed by atoms with Crippen LogP contribution < -0.4 is 10.1 Å². The van der Waals surface area contributed by atoms with Crippen molar-refractivity contribution in [2.75, 3.05) is 20.3 Å². The first-order valence-electron chi connectivity index (χ1n) is 10.6. The second kappa shape index (κ2) is 9.75. The summed E-state index contributed by atoms with van der Waals surface area (Å²) in [7, 11) is 1.68. The van der Waals surface area contributed by atoms with Gasteiger partial charge in [0.1, 0.15) is 5.75 Å². The van der Waals surface area contributed by atoms with Crippen molar-refractivity contribution in [2.24, 2.45) is 5.92 Å². The topological polar surface area (TPSA) is 50.7 Å². The molecule has 4 heteroatoms. The number of aliphatic hydroxyl groups is 1. The van der Waals surface area contributed by atoms with Gasteiger partial charge in [-0.05, 0) is 74.8 Å². The molecule has 0 bridgehead atoms. The lowest BCUT2D eigenvalue weighted by molar-refractivity contribution is -0.0213. The second-order valence-corrected chi connectivity index (χ2v) is 8.89. The molecule has 2 atom stereocenters. The van der Waals surface area contributed by atoms with Crippen LogP contribution >= 0.6 is 0 Å². The monoisotopic (exact) mass is 397 g/mol. The maximum absolute atomic E-state index is 10.5. The molecule has 0 radical (unpaired) electrons. The molecule has 0 heterocycles. The first kappa shape index (κ1) is 21.8. The van der Waals surface area contributed by atoms with Crippen LogP contribution in [0.3, 0.4) is 0 Å². The average Bonchev–Trinajstić information content (AvgIpc) is 3.53. The third kappa shape index (κ3) is 6.56. The largest absolute Gasteiger partial charge is 0.497 e. The molecule has 4 nitrogen and oxygen atoms in total. The first-order chi connectivity index (χ1) is 13.9. The average molecular weight is 398 g/mol. The molecular weight excluding hydrogens is 362 g/mol. The van der Waals surface area contributed by atoms with Crippen molar-refractivity contribution in [3.63, 3.8) is 0 Å². The fourth-order valence-electron chi connectivity index (χ4n) is 3.77. The summed E-state index contributed by atoms with van der Waals surface area (Å²) in [5, 5.41) is 14.0. The summed E-state index contributed by atoms with van der Waals surface area (Å²) < 4.78 is 11.4. The van der Waals surface area contributed by atoms with Crippen molar-refractivity contribution in [1.82, 2.24) is 5.32 Å². The molecule has 2 N–H and O–H groups in total. The summed E-state index contributed by atoms with van der Waals surface area (Å²) in [6, 6.07) is 16.6. The van der Waals surface area contributed by atoms with Crippen LogP contribution in [-0.4, -0.2) is 37.0 Å². The number of benzene rings is 2. The Bertz CT molecular complexity index is 768. The van der Waals surface area contributed by atoms with E-state index in [-0.39, 0.29) is 11.6 Å². The number of aryl methyl sites for hydroxylation is 1. The molecule has 0 amide bonds. The van der Waals surface area contributed by atoms with Crippen LogP contribution in [0.5, 0.6) is 5.75 Å². The van der Waals surface area contributed by atoms with Crippen LogP contribution in [0.15, 0.2) is 48.5 Å². The summed E-state index contributed by atoms with van der Waals surface area (Å²) in [5.41, 5.74) is 3.64. The minimum absolute atomic E-state index is 0.0955. The minimum atomic E-state index is -0.532. The fraction of sp³-hybridized carbons (Fsp3) is 0.520. The zero-order chi connectivity index (χ0) is 20.9. The van der Waals surface area contributed by atoms with Gasteiger partial charge in [-0.1, -0.05) is 36.4 Å². The Morgan fingerprint density at radius 2 is 1.79 bits per heavy atom. The van der Waals surface area contributed by atoms with E-state index in [0.29, 0.717) is 19.1 Å². The highest BCUT2D eigenvalue weighted by molar-refractivity contribution is 5.29. The van der Waals surface area contributed by atoms with E-state index >= 15 is 0 Å². The first-order valence-corrected chi connectivity index (χ1v) is 10.6. The lowest BCUT2D eigenvalue weighted by Crippen LogP contribution is -2.46. The van der Waals surface area contributed by atoms with E-state index < -0.39 is 6.10 Å². The van der Waals surface area contributed by atoms with Gasteiger partial charge in [-0.3, -0.25) is 0 Å². The van der Waals surface area contributed by atoms with E-state index in [1.165, 1.54) is 29.5 Å². The van der Waals surface area contributed by atoms with E-state index in [2.05, 4.69) is 62.5 Å². The van der Waals surface area contributed by atoms with Gasteiger partial charge in [-0.25, -0.2) is 0 Å². The Labute approximate surface area is 175 Å². The summed E-state index contributed by atoms with van der Waals surface area (Å²) in [4.78, 5) is 0. The van der Waals surface area contributed by atoms with E-state index in [0.717, 1.165) is 12.2 Å². The quantitative estimate of drug-likeness (QED) is 0.588. The van der Waals surface area contributed by atoms with E-state index in [1.807, 2.05) is 12.1 Å². The lowest BCUT2D eigenvalue weighted by atomic mass is 9.94. The van der Waals surface area contributed by atoms with Gasteiger partial charge < -0.3 is 19.9 Å². The summed E-state index contributed by atoms with van der Waals surface area (Å²) in [5.74, 6) is 1.45. The maximum Gasteiger partial charge on any atom is 0.118 e. The number of nitrogens with one attached hydrogen (secondary N) is 1. The van der Waals surface area contributed by atoms with Crippen LogP contribution in [0.25, 0.3) is 0 Å². The van der Waals surface area contributed by atoms with Crippen LogP contribution in [0.4, 0.5) is 0 Å². The van der Waals surface area contributed by atoms with Gasteiger partial charge in [-0.2, -0.15) is 0 Å². The van der Waals surface area contributed by atoms with Crippen LogP contribution in [0.1, 0.15) is 49.5 Å². The van der Waals surface area contributed by atoms with Crippen molar-refractivity contribution in [3.05, 3.63) is 65.2 Å². The number of ether oxygens (including phenoxy) is 2. The van der Waals surface area contributed by atoms with Gasteiger partial charge in [0.25, 0.3) is 0 Å². The van der Waals surface area contributed by atoms with E-state index in [4.69, 9.17) is 9.47 Å². The molecule has 2 aromatic rings. The fourth-order valence-corrected chi connectivity index (χ4v) is 3.77. The zero-order valence-electron chi connectivity index (χ0n) is 18.2. The lowest BCUT2D eigenvalue weighted by Gasteiger charge is -2.29. The Morgan fingerprint density at radius 3 is 2.41 bits per heavy atom. The zero-order valence-corrected chi connectivity index (χ0v) is 18.2. The molecule has 0 aliphatic heterocycles. The summed E-state index contributed by atoms with van der Waals surface area (Å²) >= 11 is 0. The highest BCUT2D eigenvalue weighted by Gasteiger charge is 2.34. The molecule has 0 unspecified atom stereocenters.